The number of carbonyl (C=O) groups is 2. The van der Waals surface area contributed by atoms with Gasteiger partial charge in [0.25, 0.3) is 5.91 Å². The van der Waals surface area contributed by atoms with Gasteiger partial charge in [-0.1, -0.05) is 6.92 Å². The molecule has 0 saturated heterocycles. The lowest BCUT2D eigenvalue weighted by Gasteiger charge is -2.30. The minimum absolute atomic E-state index is 0.0505. The average Bonchev–Trinajstić information content (AvgIpc) is 2.56. The fourth-order valence-corrected chi connectivity index (χ4v) is 2.77. The van der Waals surface area contributed by atoms with Gasteiger partial charge in [0.15, 0.2) is 0 Å². The molecule has 1 aromatic carbocycles. The zero-order valence-electron chi connectivity index (χ0n) is 15.9. The molecular weight excluding hydrogens is 335 g/mol. The molecule has 0 bridgehead atoms. The Hall–Kier alpha value is -2.37. The van der Waals surface area contributed by atoms with Crippen molar-refractivity contribution in [3.63, 3.8) is 0 Å². The highest BCUT2D eigenvalue weighted by molar-refractivity contribution is 5.99. The summed E-state index contributed by atoms with van der Waals surface area (Å²) in [5.74, 6) is 0.294. The number of amides is 2. The van der Waals surface area contributed by atoms with Gasteiger partial charge in [0.05, 0.1) is 12.9 Å². The van der Waals surface area contributed by atoms with E-state index in [2.05, 4.69) is 5.32 Å². The van der Waals surface area contributed by atoms with Crippen molar-refractivity contribution < 1.29 is 18.7 Å². The molecule has 5 nitrogen and oxygen atoms in total. The van der Waals surface area contributed by atoms with Gasteiger partial charge >= 0.3 is 0 Å². The van der Waals surface area contributed by atoms with E-state index in [4.69, 9.17) is 4.74 Å². The third kappa shape index (κ3) is 5.31. The number of hydrogen-bond acceptors (Lipinski definition) is 3. The maximum atomic E-state index is 12.6. The molecule has 0 spiro atoms. The Kier molecular flexibility index (Phi) is 6.40. The first kappa shape index (κ1) is 19.9. The lowest BCUT2D eigenvalue weighted by atomic mass is 9.98. The largest absolute Gasteiger partial charge is 0.489 e. The van der Waals surface area contributed by atoms with Gasteiger partial charge in [-0.25, -0.2) is 4.39 Å². The predicted octanol–water partition coefficient (Wildman–Crippen LogP) is 3.24. The SMILES string of the molecule is CC/C(=C\F)COc1ccc2c(c1)CCN(CC(=O)NC(C)(C)C)C2=O. The number of halogens is 1. The molecule has 0 unspecified atom stereocenters. The van der Waals surface area contributed by atoms with Crippen LogP contribution in [0.2, 0.25) is 0 Å². The first-order chi connectivity index (χ1) is 12.2. The quantitative estimate of drug-likeness (QED) is 0.845. The molecule has 0 aromatic heterocycles. The summed E-state index contributed by atoms with van der Waals surface area (Å²) in [6.45, 7) is 8.31. The molecule has 1 N–H and O–H groups in total. The van der Waals surface area contributed by atoms with E-state index in [0.29, 0.717) is 42.6 Å². The minimum atomic E-state index is -0.328. The number of benzene rings is 1. The predicted molar refractivity (Wildman–Crippen MR) is 98.9 cm³/mol. The Morgan fingerprint density at radius 3 is 2.73 bits per heavy atom. The molecule has 1 aliphatic heterocycles. The van der Waals surface area contributed by atoms with E-state index in [-0.39, 0.29) is 30.5 Å². The number of ether oxygens (including phenoxy) is 1. The van der Waals surface area contributed by atoms with E-state index in [1.807, 2.05) is 33.8 Å². The topological polar surface area (TPSA) is 58.6 Å². The number of nitrogens with one attached hydrogen (secondary N) is 1. The van der Waals surface area contributed by atoms with Crippen molar-refractivity contribution in [1.82, 2.24) is 10.2 Å². The van der Waals surface area contributed by atoms with Crippen LogP contribution in [0.5, 0.6) is 5.75 Å². The summed E-state index contributed by atoms with van der Waals surface area (Å²) >= 11 is 0. The van der Waals surface area contributed by atoms with Crippen LogP contribution in [-0.2, 0) is 11.2 Å². The summed E-state index contributed by atoms with van der Waals surface area (Å²) < 4.78 is 18.2. The molecule has 26 heavy (non-hydrogen) atoms. The van der Waals surface area contributed by atoms with Gasteiger partial charge in [-0.3, -0.25) is 9.59 Å². The number of hydrogen-bond donors (Lipinski definition) is 1. The van der Waals surface area contributed by atoms with Crippen LogP contribution in [0.15, 0.2) is 30.1 Å². The highest BCUT2D eigenvalue weighted by Crippen LogP contribution is 2.24. The van der Waals surface area contributed by atoms with Crippen LogP contribution >= 0.6 is 0 Å². The summed E-state index contributed by atoms with van der Waals surface area (Å²) in [6, 6.07) is 5.25. The lowest BCUT2D eigenvalue weighted by molar-refractivity contribution is -0.123. The summed E-state index contributed by atoms with van der Waals surface area (Å²) in [5.41, 5.74) is 1.73. The van der Waals surface area contributed by atoms with Gasteiger partial charge in [-0.05, 0) is 62.9 Å². The van der Waals surface area contributed by atoms with Crippen molar-refractivity contribution in [3.05, 3.63) is 41.2 Å². The van der Waals surface area contributed by atoms with E-state index in [9.17, 15) is 14.0 Å². The van der Waals surface area contributed by atoms with Gasteiger partial charge in [-0.15, -0.1) is 0 Å². The first-order valence-corrected chi connectivity index (χ1v) is 8.87. The average molecular weight is 362 g/mol. The second-order valence-electron chi connectivity index (χ2n) is 7.50. The third-order valence-electron chi connectivity index (χ3n) is 4.13. The van der Waals surface area contributed by atoms with Crippen LogP contribution in [0.1, 0.15) is 50.0 Å². The first-order valence-electron chi connectivity index (χ1n) is 8.87. The van der Waals surface area contributed by atoms with Gasteiger partial charge in [0, 0.05) is 17.6 Å². The molecule has 2 amide bonds. The molecule has 0 atom stereocenters. The fourth-order valence-electron chi connectivity index (χ4n) is 2.77. The van der Waals surface area contributed by atoms with Crippen molar-refractivity contribution in [3.8, 4) is 5.75 Å². The van der Waals surface area contributed by atoms with Gasteiger partial charge in [-0.2, -0.15) is 0 Å². The van der Waals surface area contributed by atoms with Crippen molar-refractivity contribution in [2.45, 2.75) is 46.1 Å². The van der Waals surface area contributed by atoms with Gasteiger partial charge < -0.3 is 15.0 Å². The molecule has 6 heteroatoms. The third-order valence-corrected chi connectivity index (χ3v) is 4.13. The Labute approximate surface area is 154 Å². The highest BCUT2D eigenvalue weighted by atomic mass is 19.1. The van der Waals surface area contributed by atoms with E-state index >= 15 is 0 Å². The molecule has 0 saturated carbocycles. The van der Waals surface area contributed by atoms with Crippen LogP contribution in [0.25, 0.3) is 0 Å². The van der Waals surface area contributed by atoms with E-state index < -0.39 is 0 Å². The van der Waals surface area contributed by atoms with Crippen LogP contribution in [-0.4, -0.2) is 41.9 Å². The standard InChI is InChI=1S/C20H27FN2O3/c1-5-14(11-21)13-26-16-6-7-17-15(10-16)8-9-23(19(17)25)12-18(24)22-20(2,3)4/h6-7,10-11H,5,8-9,12-13H2,1-4H3,(H,22,24)/b14-11+. The highest BCUT2D eigenvalue weighted by Gasteiger charge is 2.27. The molecule has 0 aliphatic carbocycles. The zero-order valence-corrected chi connectivity index (χ0v) is 15.9. The van der Waals surface area contributed by atoms with Crippen molar-refractivity contribution in [2.75, 3.05) is 19.7 Å². The zero-order chi connectivity index (χ0) is 19.3. The van der Waals surface area contributed by atoms with E-state index in [1.165, 1.54) is 0 Å². The second kappa shape index (κ2) is 8.34. The normalized spacial score (nSPS) is 14.9. The lowest BCUT2D eigenvalue weighted by Crippen LogP contribution is -2.48. The van der Waals surface area contributed by atoms with Gasteiger partial charge in [0.1, 0.15) is 12.4 Å². The fraction of sp³-hybridized carbons (Fsp3) is 0.500. The Morgan fingerprint density at radius 2 is 2.12 bits per heavy atom. The van der Waals surface area contributed by atoms with Crippen LogP contribution in [0.4, 0.5) is 4.39 Å². The van der Waals surface area contributed by atoms with E-state index in [0.717, 1.165) is 5.56 Å². The summed E-state index contributed by atoms with van der Waals surface area (Å²) in [7, 11) is 0. The second-order valence-corrected chi connectivity index (χ2v) is 7.50. The number of nitrogens with zero attached hydrogens (tertiary/aromatic N) is 1. The Morgan fingerprint density at radius 1 is 1.38 bits per heavy atom. The molecule has 1 heterocycles. The number of carbonyl (C=O) groups excluding carboxylic acids is 2. The maximum absolute atomic E-state index is 12.6. The van der Waals surface area contributed by atoms with Crippen molar-refractivity contribution in [2.24, 2.45) is 0 Å². The molecule has 1 aliphatic rings. The maximum Gasteiger partial charge on any atom is 0.254 e. The molecule has 0 fully saturated rings. The summed E-state index contributed by atoms with van der Waals surface area (Å²) in [6.07, 6.45) is 1.81. The van der Waals surface area contributed by atoms with Crippen LogP contribution in [0, 0.1) is 0 Å². The monoisotopic (exact) mass is 362 g/mol. The minimum Gasteiger partial charge on any atom is -0.489 e. The number of rotatable bonds is 6. The summed E-state index contributed by atoms with van der Waals surface area (Å²) in [4.78, 5) is 26.3. The van der Waals surface area contributed by atoms with Gasteiger partial charge in [0.2, 0.25) is 5.91 Å². The smallest absolute Gasteiger partial charge is 0.254 e. The van der Waals surface area contributed by atoms with E-state index in [1.54, 1.807) is 17.0 Å². The molecule has 2 rings (SSSR count). The van der Waals surface area contributed by atoms with Crippen molar-refractivity contribution >= 4 is 11.8 Å². The number of fused-ring (bicyclic) bond motifs is 1. The Bertz CT molecular complexity index is 707. The summed E-state index contributed by atoms with van der Waals surface area (Å²) in [5, 5.41) is 2.87. The molecular formula is C20H27FN2O3. The van der Waals surface area contributed by atoms with Crippen molar-refractivity contribution in [1.29, 1.82) is 0 Å². The van der Waals surface area contributed by atoms with Crippen LogP contribution in [0.3, 0.4) is 0 Å². The molecule has 1 aromatic rings. The molecule has 142 valence electrons. The molecule has 0 radical (unpaired) electrons. The Balaban J connectivity index is 2.03. The van der Waals surface area contributed by atoms with Crippen LogP contribution < -0.4 is 10.1 Å².